The molecule has 20 heavy (non-hydrogen) atoms. The summed E-state index contributed by atoms with van der Waals surface area (Å²) in [4.78, 5) is 11.8. The van der Waals surface area contributed by atoms with Crippen LogP contribution in [0.4, 0.5) is 0 Å². The van der Waals surface area contributed by atoms with E-state index in [4.69, 9.17) is 14.7 Å². The first-order valence-corrected chi connectivity index (χ1v) is 6.44. The number of methoxy groups -OCH3 is 1. The first-order chi connectivity index (χ1) is 9.41. The summed E-state index contributed by atoms with van der Waals surface area (Å²) in [6.45, 7) is 5.82. The maximum Gasteiger partial charge on any atom is 0.258 e. The number of carbonyl (C=O) groups is 1. The Labute approximate surface area is 119 Å². The molecule has 1 aromatic rings. The third-order valence-electron chi connectivity index (χ3n) is 3.01. The number of nitriles is 1. The molecular weight excluding hydrogens is 256 g/mol. The van der Waals surface area contributed by atoms with Crippen LogP contribution in [0, 0.1) is 11.3 Å². The van der Waals surface area contributed by atoms with Gasteiger partial charge < -0.3 is 14.8 Å². The van der Waals surface area contributed by atoms with Crippen molar-refractivity contribution >= 4 is 5.91 Å². The standard InChI is InChI=1S/C15H20N2O3/c1-5-15(2,3)17-14(18)10-20-12-7-6-11(9-16)8-13(12)19-4/h6-8H,5,10H2,1-4H3,(H,17,18). The largest absolute Gasteiger partial charge is 0.493 e. The summed E-state index contributed by atoms with van der Waals surface area (Å²) in [6.07, 6.45) is 0.832. The Hall–Kier alpha value is -2.22. The molecule has 1 rings (SSSR count). The molecule has 0 spiro atoms. The van der Waals surface area contributed by atoms with Crippen molar-refractivity contribution < 1.29 is 14.3 Å². The molecule has 5 heteroatoms. The Kier molecular flexibility index (Phi) is 5.39. The maximum atomic E-state index is 11.8. The molecule has 1 N–H and O–H groups in total. The van der Waals surface area contributed by atoms with Gasteiger partial charge in [-0.15, -0.1) is 0 Å². The number of hydrogen-bond donors (Lipinski definition) is 1. The lowest BCUT2D eigenvalue weighted by Gasteiger charge is -2.24. The average molecular weight is 276 g/mol. The fraction of sp³-hybridized carbons (Fsp3) is 0.467. The lowest BCUT2D eigenvalue weighted by Crippen LogP contribution is -2.44. The van der Waals surface area contributed by atoms with Crippen LogP contribution in [0.2, 0.25) is 0 Å². The van der Waals surface area contributed by atoms with Gasteiger partial charge in [0.05, 0.1) is 18.7 Å². The molecule has 1 aromatic carbocycles. The summed E-state index contributed by atoms with van der Waals surface area (Å²) in [5, 5.41) is 11.7. The molecule has 0 aliphatic heterocycles. The van der Waals surface area contributed by atoms with Crippen LogP contribution in [0.3, 0.4) is 0 Å². The van der Waals surface area contributed by atoms with Crippen LogP contribution >= 0.6 is 0 Å². The highest BCUT2D eigenvalue weighted by Gasteiger charge is 2.18. The van der Waals surface area contributed by atoms with E-state index in [0.717, 1.165) is 6.42 Å². The van der Waals surface area contributed by atoms with Gasteiger partial charge in [-0.25, -0.2) is 0 Å². The molecule has 5 nitrogen and oxygen atoms in total. The molecule has 0 saturated heterocycles. The van der Waals surface area contributed by atoms with Crippen molar-refractivity contribution in [2.45, 2.75) is 32.7 Å². The van der Waals surface area contributed by atoms with Crippen molar-refractivity contribution in [1.82, 2.24) is 5.32 Å². The number of benzene rings is 1. The van der Waals surface area contributed by atoms with Crippen molar-refractivity contribution in [2.75, 3.05) is 13.7 Å². The van der Waals surface area contributed by atoms with Crippen LogP contribution < -0.4 is 14.8 Å². The summed E-state index contributed by atoms with van der Waals surface area (Å²) in [5.74, 6) is 0.686. The van der Waals surface area contributed by atoms with Gasteiger partial charge in [0.25, 0.3) is 5.91 Å². The number of rotatable bonds is 6. The van der Waals surface area contributed by atoms with E-state index in [9.17, 15) is 4.79 Å². The number of nitrogens with zero attached hydrogens (tertiary/aromatic N) is 1. The fourth-order valence-electron chi connectivity index (χ4n) is 1.50. The lowest BCUT2D eigenvalue weighted by atomic mass is 10.0. The Balaban J connectivity index is 2.66. The van der Waals surface area contributed by atoms with E-state index in [1.165, 1.54) is 7.11 Å². The number of amides is 1. The summed E-state index contributed by atoms with van der Waals surface area (Å²) in [5.41, 5.74) is 0.223. The Morgan fingerprint density at radius 2 is 2.10 bits per heavy atom. The normalized spacial score (nSPS) is 10.6. The number of hydrogen-bond acceptors (Lipinski definition) is 4. The molecule has 0 aliphatic rings. The van der Waals surface area contributed by atoms with Crippen LogP contribution in [-0.4, -0.2) is 25.2 Å². The molecular formula is C15H20N2O3. The van der Waals surface area contributed by atoms with E-state index in [-0.39, 0.29) is 18.1 Å². The van der Waals surface area contributed by atoms with E-state index < -0.39 is 0 Å². The van der Waals surface area contributed by atoms with Gasteiger partial charge in [0, 0.05) is 11.6 Å². The number of nitrogens with one attached hydrogen (secondary N) is 1. The van der Waals surface area contributed by atoms with Crippen LogP contribution in [0.5, 0.6) is 11.5 Å². The van der Waals surface area contributed by atoms with E-state index in [2.05, 4.69) is 5.32 Å². The number of carbonyl (C=O) groups excluding carboxylic acids is 1. The SMILES string of the molecule is CCC(C)(C)NC(=O)COc1ccc(C#N)cc1OC. The van der Waals surface area contributed by atoms with Crippen molar-refractivity contribution in [3.63, 3.8) is 0 Å². The highest BCUT2D eigenvalue weighted by atomic mass is 16.5. The Morgan fingerprint density at radius 1 is 1.40 bits per heavy atom. The van der Waals surface area contributed by atoms with Gasteiger partial charge in [-0.05, 0) is 32.4 Å². The zero-order valence-electron chi connectivity index (χ0n) is 12.3. The van der Waals surface area contributed by atoms with Gasteiger partial charge >= 0.3 is 0 Å². The molecule has 0 radical (unpaired) electrons. The quantitative estimate of drug-likeness (QED) is 0.865. The number of ether oxygens (including phenoxy) is 2. The molecule has 0 fully saturated rings. The monoisotopic (exact) mass is 276 g/mol. The Morgan fingerprint density at radius 3 is 2.65 bits per heavy atom. The minimum atomic E-state index is -0.255. The summed E-state index contributed by atoms with van der Waals surface area (Å²) < 4.78 is 10.6. The lowest BCUT2D eigenvalue weighted by molar-refractivity contribution is -0.124. The molecule has 1 amide bonds. The van der Waals surface area contributed by atoms with E-state index in [1.54, 1.807) is 18.2 Å². The molecule has 0 aliphatic carbocycles. The summed E-state index contributed by atoms with van der Waals surface area (Å²) in [6, 6.07) is 6.83. The maximum absolute atomic E-state index is 11.8. The molecule has 0 aromatic heterocycles. The highest BCUT2D eigenvalue weighted by molar-refractivity contribution is 5.78. The van der Waals surface area contributed by atoms with Gasteiger partial charge in [0.15, 0.2) is 18.1 Å². The van der Waals surface area contributed by atoms with Crippen LogP contribution in [0.25, 0.3) is 0 Å². The highest BCUT2D eigenvalue weighted by Crippen LogP contribution is 2.27. The average Bonchev–Trinajstić information content (AvgIpc) is 2.44. The zero-order chi connectivity index (χ0) is 15.2. The van der Waals surface area contributed by atoms with Crippen molar-refractivity contribution in [3.05, 3.63) is 23.8 Å². The first kappa shape index (κ1) is 15.8. The molecule has 0 heterocycles. The smallest absolute Gasteiger partial charge is 0.258 e. The van der Waals surface area contributed by atoms with Crippen molar-refractivity contribution in [2.24, 2.45) is 0 Å². The third-order valence-corrected chi connectivity index (χ3v) is 3.01. The van der Waals surface area contributed by atoms with Gasteiger partial charge in [-0.2, -0.15) is 5.26 Å². The van der Waals surface area contributed by atoms with Crippen molar-refractivity contribution in [1.29, 1.82) is 5.26 Å². The summed E-state index contributed by atoms with van der Waals surface area (Å²) >= 11 is 0. The predicted octanol–water partition coefficient (Wildman–Crippen LogP) is 2.25. The van der Waals surface area contributed by atoms with Crippen LogP contribution in [-0.2, 0) is 4.79 Å². The fourth-order valence-corrected chi connectivity index (χ4v) is 1.50. The van der Waals surface area contributed by atoms with Crippen molar-refractivity contribution in [3.8, 4) is 17.6 Å². The molecule has 0 saturated carbocycles. The second-order valence-corrected chi connectivity index (χ2v) is 5.05. The van der Waals surface area contributed by atoms with Crippen LogP contribution in [0.1, 0.15) is 32.8 Å². The third kappa shape index (κ3) is 4.47. The summed E-state index contributed by atoms with van der Waals surface area (Å²) in [7, 11) is 1.49. The van der Waals surface area contributed by atoms with Gasteiger partial charge in [0.2, 0.25) is 0 Å². The first-order valence-electron chi connectivity index (χ1n) is 6.44. The van der Waals surface area contributed by atoms with Crippen LogP contribution in [0.15, 0.2) is 18.2 Å². The molecule has 0 unspecified atom stereocenters. The second-order valence-electron chi connectivity index (χ2n) is 5.05. The van der Waals surface area contributed by atoms with Gasteiger partial charge in [-0.1, -0.05) is 6.92 Å². The van der Waals surface area contributed by atoms with E-state index >= 15 is 0 Å². The molecule has 0 atom stereocenters. The Bertz CT molecular complexity index is 518. The minimum absolute atomic E-state index is 0.0916. The minimum Gasteiger partial charge on any atom is -0.493 e. The van der Waals surface area contributed by atoms with Gasteiger partial charge in [-0.3, -0.25) is 4.79 Å². The predicted molar refractivity (Wildman–Crippen MR) is 75.7 cm³/mol. The zero-order valence-corrected chi connectivity index (χ0v) is 12.3. The van der Waals surface area contributed by atoms with E-state index in [0.29, 0.717) is 17.1 Å². The van der Waals surface area contributed by atoms with E-state index in [1.807, 2.05) is 26.8 Å². The second kappa shape index (κ2) is 6.80. The molecule has 0 bridgehead atoms. The molecule has 108 valence electrons. The van der Waals surface area contributed by atoms with Gasteiger partial charge in [0.1, 0.15) is 0 Å². The topological polar surface area (TPSA) is 71.3 Å².